The zero-order valence-corrected chi connectivity index (χ0v) is 9.34. The average molecular weight is 242 g/mol. The van der Waals surface area contributed by atoms with Crippen molar-refractivity contribution in [2.24, 2.45) is 0 Å². The van der Waals surface area contributed by atoms with E-state index in [9.17, 15) is 9.50 Å². The lowest BCUT2D eigenvalue weighted by Gasteiger charge is -2.27. The molecule has 1 atom stereocenters. The molecule has 0 aliphatic carbocycles. The zero-order chi connectivity index (χ0) is 11.1. The van der Waals surface area contributed by atoms with Crippen LogP contribution in [0, 0.1) is 5.82 Å². The SMILES string of the molecule is OCc1nc2scc(F)c2n1C[C@@H]1CCO1. The molecule has 1 aliphatic heterocycles. The topological polar surface area (TPSA) is 47.3 Å². The van der Waals surface area contributed by atoms with E-state index in [2.05, 4.69) is 4.98 Å². The van der Waals surface area contributed by atoms with Crippen LogP contribution < -0.4 is 0 Å². The molecule has 2 aromatic heterocycles. The number of halogens is 1. The lowest BCUT2D eigenvalue weighted by atomic mass is 10.2. The van der Waals surface area contributed by atoms with Crippen LogP contribution in [0.5, 0.6) is 0 Å². The molecule has 4 nitrogen and oxygen atoms in total. The first-order chi connectivity index (χ1) is 7.79. The molecule has 3 heterocycles. The normalized spacial score (nSPS) is 20.2. The van der Waals surface area contributed by atoms with Gasteiger partial charge in [-0.25, -0.2) is 9.37 Å². The second-order valence-electron chi connectivity index (χ2n) is 3.82. The van der Waals surface area contributed by atoms with E-state index in [-0.39, 0.29) is 18.5 Å². The van der Waals surface area contributed by atoms with Gasteiger partial charge in [0.2, 0.25) is 0 Å². The number of aliphatic hydroxyl groups excluding tert-OH is 1. The summed E-state index contributed by atoms with van der Waals surface area (Å²) in [6.45, 7) is 1.16. The number of hydrogen-bond acceptors (Lipinski definition) is 4. The number of rotatable bonds is 3. The summed E-state index contributed by atoms with van der Waals surface area (Å²) in [5.74, 6) is 0.239. The molecule has 1 saturated heterocycles. The quantitative estimate of drug-likeness (QED) is 0.887. The number of nitrogens with zero attached hydrogens (tertiary/aromatic N) is 2. The maximum atomic E-state index is 13.6. The molecule has 3 rings (SSSR count). The molecule has 1 fully saturated rings. The van der Waals surface area contributed by atoms with Crippen molar-refractivity contribution in [3.8, 4) is 0 Å². The van der Waals surface area contributed by atoms with Crippen molar-refractivity contribution in [2.75, 3.05) is 6.61 Å². The van der Waals surface area contributed by atoms with Gasteiger partial charge in [-0.15, -0.1) is 11.3 Å². The van der Waals surface area contributed by atoms with Gasteiger partial charge in [0.05, 0.1) is 12.6 Å². The van der Waals surface area contributed by atoms with Gasteiger partial charge < -0.3 is 14.4 Å². The maximum Gasteiger partial charge on any atom is 0.159 e. The molecule has 6 heteroatoms. The van der Waals surface area contributed by atoms with Gasteiger partial charge in [0.1, 0.15) is 22.8 Å². The number of aromatic nitrogens is 2. The minimum Gasteiger partial charge on any atom is -0.388 e. The largest absolute Gasteiger partial charge is 0.388 e. The molecule has 2 aromatic rings. The lowest BCUT2D eigenvalue weighted by Crippen LogP contribution is -2.31. The second-order valence-corrected chi connectivity index (χ2v) is 4.67. The first-order valence-corrected chi connectivity index (χ1v) is 6.02. The monoisotopic (exact) mass is 242 g/mol. The highest BCUT2D eigenvalue weighted by atomic mass is 32.1. The van der Waals surface area contributed by atoms with E-state index in [1.54, 1.807) is 4.57 Å². The number of hydrogen-bond donors (Lipinski definition) is 1. The Morgan fingerprint density at radius 1 is 1.69 bits per heavy atom. The molecule has 0 unspecified atom stereocenters. The minimum atomic E-state index is -0.272. The van der Waals surface area contributed by atoms with Gasteiger partial charge in [-0.05, 0) is 6.42 Å². The first-order valence-electron chi connectivity index (χ1n) is 5.14. The summed E-state index contributed by atoms with van der Waals surface area (Å²) in [4.78, 5) is 4.84. The van der Waals surface area contributed by atoms with Crippen molar-refractivity contribution in [3.63, 3.8) is 0 Å². The van der Waals surface area contributed by atoms with Gasteiger partial charge >= 0.3 is 0 Å². The fraction of sp³-hybridized carbons (Fsp3) is 0.500. The van der Waals surface area contributed by atoms with E-state index < -0.39 is 0 Å². The Morgan fingerprint density at radius 3 is 3.12 bits per heavy atom. The Balaban J connectivity index is 2.05. The summed E-state index contributed by atoms with van der Waals surface area (Å²) in [6.07, 6.45) is 1.11. The van der Waals surface area contributed by atoms with Crippen molar-refractivity contribution in [3.05, 3.63) is 17.0 Å². The molecule has 86 valence electrons. The highest BCUT2D eigenvalue weighted by Crippen LogP contribution is 2.27. The molecule has 1 N–H and O–H groups in total. The van der Waals surface area contributed by atoms with E-state index in [0.29, 0.717) is 22.7 Å². The number of fused-ring (bicyclic) bond motifs is 1. The third kappa shape index (κ3) is 1.45. The summed E-state index contributed by atoms with van der Waals surface area (Å²) in [6, 6.07) is 0. The van der Waals surface area contributed by atoms with Crippen LogP contribution in [0.4, 0.5) is 4.39 Å². The number of thiophene rings is 1. The molecule has 0 spiro atoms. The molecule has 0 aromatic carbocycles. The summed E-state index contributed by atoms with van der Waals surface area (Å²) in [7, 11) is 0. The van der Waals surface area contributed by atoms with Gasteiger partial charge in [-0.3, -0.25) is 0 Å². The number of aliphatic hydroxyl groups is 1. The van der Waals surface area contributed by atoms with E-state index in [4.69, 9.17) is 4.74 Å². The number of ether oxygens (including phenoxy) is 1. The van der Waals surface area contributed by atoms with Crippen LogP contribution in [0.25, 0.3) is 10.3 Å². The highest BCUT2D eigenvalue weighted by molar-refractivity contribution is 7.16. The van der Waals surface area contributed by atoms with Crippen LogP contribution in [0.3, 0.4) is 0 Å². The minimum absolute atomic E-state index is 0.127. The van der Waals surface area contributed by atoms with Gasteiger partial charge in [0.25, 0.3) is 0 Å². The van der Waals surface area contributed by atoms with Gasteiger partial charge in [0.15, 0.2) is 5.82 Å². The van der Waals surface area contributed by atoms with Crippen LogP contribution in [0.2, 0.25) is 0 Å². The number of imidazole rings is 1. The molecule has 0 amide bonds. The van der Waals surface area contributed by atoms with Crippen molar-refractivity contribution < 1.29 is 14.2 Å². The van der Waals surface area contributed by atoms with E-state index >= 15 is 0 Å². The van der Waals surface area contributed by atoms with Gasteiger partial charge in [0, 0.05) is 12.0 Å². The Morgan fingerprint density at radius 2 is 2.50 bits per heavy atom. The fourth-order valence-corrected chi connectivity index (χ4v) is 2.71. The van der Waals surface area contributed by atoms with Crippen molar-refractivity contribution >= 4 is 21.7 Å². The third-order valence-electron chi connectivity index (χ3n) is 2.84. The summed E-state index contributed by atoms with van der Waals surface area (Å²) in [5.41, 5.74) is 0.490. The van der Waals surface area contributed by atoms with Crippen LogP contribution in [-0.2, 0) is 17.9 Å². The molecule has 0 radical (unpaired) electrons. The second kappa shape index (κ2) is 3.80. The van der Waals surface area contributed by atoms with Crippen LogP contribution in [0.15, 0.2) is 5.38 Å². The first kappa shape index (κ1) is 10.2. The molecular formula is C10H11FN2O2S. The summed E-state index contributed by atoms with van der Waals surface area (Å²) < 4.78 is 20.6. The Bertz CT molecular complexity index is 518. The standard InChI is InChI=1S/C10H11FN2O2S/c11-7-5-16-10-9(7)13(8(4-14)12-10)3-6-1-2-15-6/h5-6,14H,1-4H2/t6-/m0/s1. The zero-order valence-electron chi connectivity index (χ0n) is 8.52. The Labute approximate surface area is 95.3 Å². The average Bonchev–Trinajstić information content (AvgIpc) is 2.73. The van der Waals surface area contributed by atoms with Gasteiger partial charge in [-0.1, -0.05) is 0 Å². The van der Waals surface area contributed by atoms with E-state index in [1.807, 2.05) is 0 Å². The molecule has 1 aliphatic rings. The Kier molecular flexibility index (Phi) is 2.42. The lowest BCUT2D eigenvalue weighted by molar-refractivity contribution is -0.0593. The predicted molar refractivity (Wildman–Crippen MR) is 57.8 cm³/mol. The molecule has 16 heavy (non-hydrogen) atoms. The summed E-state index contributed by atoms with van der Waals surface area (Å²) in [5, 5.41) is 10.6. The molecular weight excluding hydrogens is 231 g/mol. The van der Waals surface area contributed by atoms with Gasteiger partial charge in [-0.2, -0.15) is 0 Å². The molecule has 0 saturated carbocycles. The van der Waals surface area contributed by atoms with Crippen molar-refractivity contribution in [1.82, 2.24) is 9.55 Å². The van der Waals surface area contributed by atoms with Crippen molar-refractivity contribution in [1.29, 1.82) is 0 Å². The summed E-state index contributed by atoms with van der Waals surface area (Å²) >= 11 is 1.26. The van der Waals surface area contributed by atoms with E-state index in [1.165, 1.54) is 16.7 Å². The predicted octanol–water partition coefficient (Wildman–Crippen LogP) is 1.52. The highest BCUT2D eigenvalue weighted by Gasteiger charge is 2.23. The third-order valence-corrected chi connectivity index (χ3v) is 3.67. The van der Waals surface area contributed by atoms with Crippen molar-refractivity contribution in [2.45, 2.75) is 25.7 Å². The van der Waals surface area contributed by atoms with Crippen LogP contribution in [-0.4, -0.2) is 27.4 Å². The fourth-order valence-electron chi connectivity index (χ4n) is 1.90. The van der Waals surface area contributed by atoms with E-state index in [0.717, 1.165) is 13.0 Å². The Hall–Kier alpha value is -0.980. The smallest absolute Gasteiger partial charge is 0.159 e. The maximum absolute atomic E-state index is 13.6. The molecule has 0 bridgehead atoms. The van der Waals surface area contributed by atoms with Crippen LogP contribution in [0.1, 0.15) is 12.2 Å². The van der Waals surface area contributed by atoms with Crippen LogP contribution >= 0.6 is 11.3 Å².